The van der Waals surface area contributed by atoms with Gasteiger partial charge >= 0.3 is 0 Å². The molecule has 4 atom stereocenters. The summed E-state index contributed by atoms with van der Waals surface area (Å²) in [7, 11) is 0. The maximum absolute atomic E-state index is 9.80. The topological polar surface area (TPSA) is 77.4 Å². The summed E-state index contributed by atoms with van der Waals surface area (Å²) in [6, 6.07) is 0. The van der Waals surface area contributed by atoms with Gasteiger partial charge in [0.25, 0.3) is 0 Å². The van der Waals surface area contributed by atoms with Crippen molar-refractivity contribution in [2.75, 3.05) is 13.2 Å². The molecule has 0 spiro atoms. The third-order valence-corrected chi connectivity index (χ3v) is 3.13. The molecule has 6 nitrogen and oxygen atoms in total. The largest absolute Gasteiger partial charge is 0.394 e. The van der Waals surface area contributed by atoms with E-state index in [1.54, 1.807) is 13.8 Å². The monoisotopic (exact) mass is 262 g/mol. The van der Waals surface area contributed by atoms with Crippen LogP contribution in [0.25, 0.3) is 0 Å². The number of hydrogen-bond donors (Lipinski definition) is 2. The molecule has 0 aromatic carbocycles. The van der Waals surface area contributed by atoms with Crippen molar-refractivity contribution >= 4 is 0 Å². The fraction of sp³-hybridized carbons (Fsp3) is 1.00. The minimum absolute atomic E-state index is 0.312. The molecule has 0 aromatic rings. The Balaban J connectivity index is 2.10. The van der Waals surface area contributed by atoms with E-state index in [0.29, 0.717) is 6.61 Å². The van der Waals surface area contributed by atoms with Gasteiger partial charge in [0.2, 0.25) is 0 Å². The van der Waals surface area contributed by atoms with E-state index in [9.17, 15) is 5.11 Å². The lowest BCUT2D eigenvalue weighted by molar-refractivity contribution is -0.175. The molecule has 2 fully saturated rings. The average molecular weight is 262 g/mol. The van der Waals surface area contributed by atoms with Crippen LogP contribution in [0.2, 0.25) is 0 Å². The van der Waals surface area contributed by atoms with Crippen molar-refractivity contribution in [3.05, 3.63) is 0 Å². The van der Waals surface area contributed by atoms with E-state index in [2.05, 4.69) is 0 Å². The lowest BCUT2D eigenvalue weighted by Crippen LogP contribution is -2.45. The highest BCUT2D eigenvalue weighted by Gasteiger charge is 2.51. The van der Waals surface area contributed by atoms with Gasteiger partial charge in [-0.15, -0.1) is 0 Å². The van der Waals surface area contributed by atoms with Gasteiger partial charge < -0.3 is 29.2 Å². The maximum Gasteiger partial charge on any atom is 0.164 e. The average Bonchev–Trinajstić information content (AvgIpc) is 2.77. The standard InChI is InChI=1S/C12H22O6/c1-11(2)15-6-8(16-11)10-9(7(14)5-13)17-12(3,4)18-10/h7-10,13-14H,5-6H2,1-4H3/t7-,8+,9?,10?/m0/s1. The summed E-state index contributed by atoms with van der Waals surface area (Å²) in [6.07, 6.45) is -2.38. The summed E-state index contributed by atoms with van der Waals surface area (Å²) in [4.78, 5) is 0. The maximum atomic E-state index is 9.80. The summed E-state index contributed by atoms with van der Waals surface area (Å²) < 4.78 is 22.6. The van der Waals surface area contributed by atoms with Gasteiger partial charge in [0.15, 0.2) is 11.6 Å². The van der Waals surface area contributed by atoms with Crippen molar-refractivity contribution < 1.29 is 29.2 Å². The molecule has 0 aromatic heterocycles. The third-order valence-electron chi connectivity index (χ3n) is 3.13. The van der Waals surface area contributed by atoms with Gasteiger partial charge in [-0.05, 0) is 27.7 Å². The van der Waals surface area contributed by atoms with Crippen molar-refractivity contribution in [3.63, 3.8) is 0 Å². The minimum Gasteiger partial charge on any atom is -0.394 e. The minimum atomic E-state index is -0.996. The summed E-state index contributed by atoms with van der Waals surface area (Å²) in [5.41, 5.74) is 0. The van der Waals surface area contributed by atoms with Gasteiger partial charge in [-0.25, -0.2) is 0 Å². The Morgan fingerprint density at radius 1 is 1.11 bits per heavy atom. The number of rotatable bonds is 3. The molecule has 0 saturated carbocycles. The van der Waals surface area contributed by atoms with Gasteiger partial charge in [-0.2, -0.15) is 0 Å². The molecule has 2 aliphatic rings. The SMILES string of the molecule is CC1(C)OC([C@@H](O)CO)C([C@H]2COC(C)(C)O2)O1. The lowest BCUT2D eigenvalue weighted by Gasteiger charge is -2.25. The Bertz CT molecular complexity index is 303. The molecule has 106 valence electrons. The van der Waals surface area contributed by atoms with Crippen LogP contribution in [0.4, 0.5) is 0 Å². The highest BCUT2D eigenvalue weighted by molar-refractivity contribution is 4.93. The third kappa shape index (κ3) is 2.84. The molecule has 0 bridgehead atoms. The molecule has 2 aliphatic heterocycles. The zero-order valence-electron chi connectivity index (χ0n) is 11.3. The van der Waals surface area contributed by atoms with Crippen LogP contribution >= 0.6 is 0 Å². The number of ether oxygens (including phenoxy) is 4. The van der Waals surface area contributed by atoms with Gasteiger partial charge in [0.05, 0.1) is 13.2 Å². The van der Waals surface area contributed by atoms with Crippen LogP contribution in [0.1, 0.15) is 27.7 Å². The molecule has 6 heteroatoms. The molecular weight excluding hydrogens is 240 g/mol. The molecule has 0 aliphatic carbocycles. The van der Waals surface area contributed by atoms with Crippen molar-refractivity contribution in [1.29, 1.82) is 0 Å². The van der Waals surface area contributed by atoms with Gasteiger partial charge in [-0.3, -0.25) is 0 Å². The molecule has 2 heterocycles. The Morgan fingerprint density at radius 2 is 1.78 bits per heavy atom. The summed E-state index contributed by atoms with van der Waals surface area (Å²) in [5, 5.41) is 18.9. The van der Waals surface area contributed by atoms with E-state index in [1.807, 2.05) is 13.8 Å². The van der Waals surface area contributed by atoms with Crippen molar-refractivity contribution in [2.24, 2.45) is 0 Å². The van der Waals surface area contributed by atoms with Crippen molar-refractivity contribution in [3.8, 4) is 0 Å². The fourth-order valence-electron chi connectivity index (χ4n) is 2.38. The predicted octanol–water partition coefficient (Wildman–Crippen LogP) is 0.0112. The molecule has 2 unspecified atom stereocenters. The second-order valence-electron chi connectivity index (χ2n) is 5.68. The van der Waals surface area contributed by atoms with Gasteiger partial charge in [0.1, 0.15) is 24.4 Å². The first kappa shape index (κ1) is 14.2. The van der Waals surface area contributed by atoms with E-state index < -0.39 is 29.9 Å². The van der Waals surface area contributed by atoms with Gasteiger partial charge in [0, 0.05) is 0 Å². The molecule has 2 N–H and O–H groups in total. The molecule has 2 rings (SSSR count). The van der Waals surface area contributed by atoms with E-state index in [-0.39, 0.29) is 12.7 Å². The Hall–Kier alpha value is -0.240. The van der Waals surface area contributed by atoms with Gasteiger partial charge in [-0.1, -0.05) is 0 Å². The Kier molecular flexibility index (Phi) is 3.70. The number of aliphatic hydroxyl groups is 2. The number of aliphatic hydroxyl groups excluding tert-OH is 2. The van der Waals surface area contributed by atoms with E-state index >= 15 is 0 Å². The normalized spacial score (nSPS) is 40.0. The second-order valence-corrected chi connectivity index (χ2v) is 5.68. The zero-order chi connectivity index (χ0) is 13.6. The summed E-state index contributed by atoms with van der Waals surface area (Å²) in [5.74, 6) is -1.46. The molecular formula is C12H22O6. The predicted molar refractivity (Wildman–Crippen MR) is 61.8 cm³/mol. The first-order chi connectivity index (χ1) is 8.24. The lowest BCUT2D eigenvalue weighted by atomic mass is 10.0. The van der Waals surface area contributed by atoms with E-state index in [1.165, 1.54) is 0 Å². The fourth-order valence-corrected chi connectivity index (χ4v) is 2.38. The van der Waals surface area contributed by atoms with E-state index in [0.717, 1.165) is 0 Å². The quantitative estimate of drug-likeness (QED) is 0.746. The molecule has 0 amide bonds. The van der Waals surface area contributed by atoms with Crippen LogP contribution in [-0.2, 0) is 18.9 Å². The molecule has 18 heavy (non-hydrogen) atoms. The summed E-state index contributed by atoms with van der Waals surface area (Å²) >= 11 is 0. The highest BCUT2D eigenvalue weighted by Crippen LogP contribution is 2.36. The van der Waals surface area contributed by atoms with Crippen LogP contribution in [0.5, 0.6) is 0 Å². The van der Waals surface area contributed by atoms with Crippen molar-refractivity contribution in [2.45, 2.75) is 63.7 Å². The highest BCUT2D eigenvalue weighted by atomic mass is 16.8. The second kappa shape index (κ2) is 4.70. The van der Waals surface area contributed by atoms with E-state index in [4.69, 9.17) is 24.1 Å². The zero-order valence-corrected chi connectivity index (χ0v) is 11.3. The van der Waals surface area contributed by atoms with Crippen molar-refractivity contribution in [1.82, 2.24) is 0 Å². The first-order valence-corrected chi connectivity index (χ1v) is 6.20. The Labute approximate surface area is 107 Å². The number of hydrogen-bond acceptors (Lipinski definition) is 6. The molecule has 2 saturated heterocycles. The first-order valence-electron chi connectivity index (χ1n) is 6.20. The summed E-state index contributed by atoms with van der Waals surface area (Å²) in [6.45, 7) is 7.19. The van der Waals surface area contributed by atoms with Crippen LogP contribution in [-0.4, -0.2) is 59.4 Å². The smallest absolute Gasteiger partial charge is 0.164 e. The van der Waals surface area contributed by atoms with Crippen LogP contribution in [0, 0.1) is 0 Å². The Morgan fingerprint density at radius 3 is 2.28 bits per heavy atom. The van der Waals surface area contributed by atoms with Crippen LogP contribution < -0.4 is 0 Å². The van der Waals surface area contributed by atoms with Crippen LogP contribution in [0.3, 0.4) is 0 Å². The molecule has 0 radical (unpaired) electrons. The van der Waals surface area contributed by atoms with Crippen LogP contribution in [0.15, 0.2) is 0 Å².